The Hall–Kier alpha value is -4.49. The molecule has 0 atom stereocenters. The Morgan fingerprint density at radius 1 is 0.805 bits per heavy atom. The third-order valence-corrected chi connectivity index (χ3v) is 7.49. The van der Waals surface area contributed by atoms with E-state index in [1.807, 2.05) is 0 Å². The van der Waals surface area contributed by atoms with E-state index in [9.17, 15) is 34.7 Å². The molecule has 0 unspecified atom stereocenters. The first-order chi connectivity index (χ1) is 19.3. The fourth-order valence-corrected chi connectivity index (χ4v) is 5.30. The molecule has 0 radical (unpaired) electrons. The van der Waals surface area contributed by atoms with Crippen LogP contribution < -0.4 is 10.2 Å². The van der Waals surface area contributed by atoms with Crippen molar-refractivity contribution in [1.82, 2.24) is 29.9 Å². The molecule has 0 spiro atoms. The van der Waals surface area contributed by atoms with Crippen LogP contribution in [0, 0.1) is 12.2 Å². The van der Waals surface area contributed by atoms with Crippen LogP contribution in [0.3, 0.4) is 0 Å². The number of nitrogens with one attached hydrogen (secondary N) is 1. The highest BCUT2D eigenvalue weighted by molar-refractivity contribution is 7.86. The quantitative estimate of drug-likeness (QED) is 0.221. The summed E-state index contributed by atoms with van der Waals surface area (Å²) in [4.78, 5) is 21.2. The van der Waals surface area contributed by atoms with Crippen molar-refractivity contribution in [1.29, 1.82) is 0 Å². The monoisotopic (exact) mass is 622 g/mol. The van der Waals surface area contributed by atoms with E-state index in [1.165, 1.54) is 24.3 Å². The molecular weight excluding hydrogens is 610 g/mol. The van der Waals surface area contributed by atoms with Gasteiger partial charge >= 0.3 is 12.2 Å². The molecule has 0 amide bonds. The number of aromatic nitrogens is 6. The first-order valence-corrected chi connectivity index (χ1v) is 14.2. The number of rotatable bonds is 7. The Bertz CT molecular complexity index is 2050. The lowest BCUT2D eigenvalue weighted by Crippen LogP contribution is -2.21. The van der Waals surface area contributed by atoms with Crippen LogP contribution in [0.2, 0.25) is 5.02 Å². The van der Waals surface area contributed by atoms with E-state index >= 15 is 0 Å². The number of halogens is 3. The van der Waals surface area contributed by atoms with Gasteiger partial charge in [0.1, 0.15) is 11.2 Å². The van der Waals surface area contributed by atoms with Crippen LogP contribution in [0.15, 0.2) is 70.7 Å². The van der Waals surface area contributed by atoms with Gasteiger partial charge in [-0.2, -0.15) is 50.5 Å². The van der Waals surface area contributed by atoms with E-state index in [0.29, 0.717) is 5.39 Å². The SMILES string of the molecule is O=S(=O)(O)c1ccc(Cl)c(Nc2nc(F)nc(N(c3ncnc(F)n3)c3ccc4ccccc4c3S(=O)(=O)O)n2)c1. The average molecular weight is 623 g/mol. The molecule has 3 N–H and O–H groups in total. The summed E-state index contributed by atoms with van der Waals surface area (Å²) >= 11 is 6.10. The summed E-state index contributed by atoms with van der Waals surface area (Å²) in [6.45, 7) is 0. The van der Waals surface area contributed by atoms with E-state index in [2.05, 4.69) is 35.2 Å². The van der Waals surface area contributed by atoms with Crippen LogP contribution in [0.25, 0.3) is 10.8 Å². The second-order valence-electron chi connectivity index (χ2n) is 7.97. The highest BCUT2D eigenvalue weighted by atomic mass is 35.5. The summed E-state index contributed by atoms with van der Waals surface area (Å²) in [7, 11) is -9.66. The van der Waals surface area contributed by atoms with Crippen LogP contribution in [0.4, 0.5) is 38.0 Å². The molecule has 3 aromatic carbocycles. The van der Waals surface area contributed by atoms with Crippen molar-refractivity contribution >= 4 is 71.8 Å². The van der Waals surface area contributed by atoms with Gasteiger partial charge in [-0.3, -0.25) is 9.11 Å². The van der Waals surface area contributed by atoms with Crippen molar-refractivity contribution in [3.05, 3.63) is 78.1 Å². The van der Waals surface area contributed by atoms with Crippen molar-refractivity contribution in [2.75, 3.05) is 10.2 Å². The predicted octanol–water partition coefficient (Wildman–Crippen LogP) is 3.85. The summed E-state index contributed by atoms with van der Waals surface area (Å²) in [6, 6.07) is 11.8. The molecule has 0 saturated heterocycles. The molecule has 19 heteroatoms. The van der Waals surface area contributed by atoms with Crippen molar-refractivity contribution in [3.63, 3.8) is 0 Å². The van der Waals surface area contributed by atoms with Gasteiger partial charge in [0.25, 0.3) is 20.2 Å². The minimum absolute atomic E-state index is 0.0358. The summed E-state index contributed by atoms with van der Waals surface area (Å²) in [5.74, 6) is -1.90. The molecule has 0 aliphatic carbocycles. The smallest absolute Gasteiger partial charge is 0.315 e. The highest BCUT2D eigenvalue weighted by Gasteiger charge is 2.29. The summed E-state index contributed by atoms with van der Waals surface area (Å²) in [5.41, 5.74) is -0.583. The Labute approximate surface area is 234 Å². The number of anilines is 5. The van der Waals surface area contributed by atoms with Crippen molar-refractivity contribution in [2.24, 2.45) is 0 Å². The second-order valence-corrected chi connectivity index (χ2v) is 11.2. The largest absolute Gasteiger partial charge is 0.323 e. The molecule has 5 aromatic rings. The summed E-state index contributed by atoms with van der Waals surface area (Å²) in [6.07, 6.45) is -1.99. The second kappa shape index (κ2) is 10.5. The van der Waals surface area contributed by atoms with E-state index in [-0.39, 0.29) is 16.1 Å². The average Bonchev–Trinajstić information content (AvgIpc) is 2.88. The highest BCUT2D eigenvalue weighted by Crippen LogP contribution is 2.39. The maximum atomic E-state index is 14.8. The lowest BCUT2D eigenvalue weighted by molar-refractivity contribution is 0.481. The van der Waals surface area contributed by atoms with Crippen LogP contribution in [0.1, 0.15) is 0 Å². The molecule has 5 rings (SSSR count). The van der Waals surface area contributed by atoms with Crippen LogP contribution in [-0.4, -0.2) is 55.8 Å². The van der Waals surface area contributed by atoms with Gasteiger partial charge in [0.2, 0.25) is 17.8 Å². The van der Waals surface area contributed by atoms with Gasteiger partial charge in [-0.05, 0) is 29.7 Å². The summed E-state index contributed by atoms with van der Waals surface area (Å²) in [5, 5.41) is 2.82. The third-order valence-electron chi connectivity index (χ3n) is 5.37. The van der Waals surface area contributed by atoms with E-state index in [4.69, 9.17) is 11.6 Å². The number of benzene rings is 3. The van der Waals surface area contributed by atoms with Gasteiger partial charge in [0.05, 0.1) is 21.3 Å². The van der Waals surface area contributed by atoms with Crippen molar-refractivity contribution < 1.29 is 34.7 Å². The van der Waals surface area contributed by atoms with Crippen LogP contribution in [-0.2, 0) is 20.2 Å². The number of fused-ring (bicyclic) bond motifs is 1. The minimum atomic E-state index is -5.01. The molecule has 14 nitrogen and oxygen atoms in total. The van der Waals surface area contributed by atoms with Crippen molar-refractivity contribution in [3.8, 4) is 0 Å². The fraction of sp³-hybridized carbons (Fsp3) is 0. The molecule has 0 fully saturated rings. The zero-order valence-corrected chi connectivity index (χ0v) is 22.3. The van der Waals surface area contributed by atoms with Gasteiger partial charge < -0.3 is 5.32 Å². The third kappa shape index (κ3) is 5.86. The van der Waals surface area contributed by atoms with Crippen molar-refractivity contribution in [2.45, 2.75) is 9.79 Å². The van der Waals surface area contributed by atoms with Gasteiger partial charge in [-0.1, -0.05) is 41.9 Å². The minimum Gasteiger partial charge on any atom is -0.323 e. The topological polar surface area (TPSA) is 201 Å². The first-order valence-electron chi connectivity index (χ1n) is 10.9. The van der Waals surface area contributed by atoms with Gasteiger partial charge in [-0.25, -0.2) is 9.88 Å². The van der Waals surface area contributed by atoms with E-state index < -0.39 is 65.7 Å². The molecule has 0 saturated carbocycles. The molecule has 41 heavy (non-hydrogen) atoms. The maximum absolute atomic E-state index is 14.8. The van der Waals surface area contributed by atoms with E-state index in [0.717, 1.165) is 29.4 Å². The van der Waals surface area contributed by atoms with Gasteiger partial charge in [0, 0.05) is 5.39 Å². The maximum Gasteiger partial charge on any atom is 0.315 e. The van der Waals surface area contributed by atoms with E-state index in [1.54, 1.807) is 12.1 Å². The molecule has 210 valence electrons. The molecule has 2 aromatic heterocycles. The molecule has 0 bridgehead atoms. The standard InChI is InChI=1S/C22H13ClF2N8O6S2/c23-14-7-6-12(40(34,35)36)9-15(14)28-20-29-19(25)31-22(32-20)33(21-27-10-26-18(24)30-21)16-8-5-11-3-1-2-4-13(11)17(16)41(37,38)39/h1-10H,(H,34,35,36)(H,37,38,39)(H,28,29,31,32). The summed E-state index contributed by atoms with van der Waals surface area (Å²) < 4.78 is 96.7. The van der Waals surface area contributed by atoms with Gasteiger partial charge in [0.15, 0.2) is 0 Å². The first kappa shape index (κ1) is 28.1. The number of hydrogen-bond acceptors (Lipinski definition) is 12. The normalized spacial score (nSPS) is 11.9. The Morgan fingerprint density at radius 3 is 2.24 bits per heavy atom. The molecule has 0 aliphatic heterocycles. The number of hydrogen-bond donors (Lipinski definition) is 3. The lowest BCUT2D eigenvalue weighted by atomic mass is 10.1. The molecular formula is C22H13ClF2N8O6S2. The lowest BCUT2D eigenvalue weighted by Gasteiger charge is -2.23. The Kier molecular flexibility index (Phi) is 7.17. The van der Waals surface area contributed by atoms with Crippen LogP contribution >= 0.6 is 11.6 Å². The zero-order chi connectivity index (χ0) is 29.5. The zero-order valence-electron chi connectivity index (χ0n) is 19.9. The Morgan fingerprint density at radius 2 is 1.54 bits per heavy atom. The predicted molar refractivity (Wildman–Crippen MR) is 140 cm³/mol. The fourth-order valence-electron chi connectivity index (χ4n) is 3.74. The Balaban J connectivity index is 1.74. The molecule has 2 heterocycles. The van der Waals surface area contributed by atoms with Gasteiger partial charge in [-0.15, -0.1) is 0 Å². The number of nitrogens with zero attached hydrogens (tertiary/aromatic N) is 7. The molecule has 0 aliphatic rings. The van der Waals surface area contributed by atoms with Crippen LogP contribution in [0.5, 0.6) is 0 Å².